The Morgan fingerprint density at radius 1 is 0.680 bits per heavy atom. The predicted octanol–water partition coefficient (Wildman–Crippen LogP) is 6.71. The molecule has 1 N–H and O–H groups in total. The average molecular weight is 339 g/mol. The third kappa shape index (κ3) is 7.44. The molecule has 0 radical (unpaired) electrons. The van der Waals surface area contributed by atoms with Crippen LogP contribution < -0.4 is 0 Å². The van der Waals surface area contributed by atoms with Crippen LogP contribution in [0.1, 0.15) is 81.8 Å². The number of hydrogen-bond donors (Lipinski definition) is 1. The van der Waals surface area contributed by atoms with Crippen LogP contribution in [0.5, 0.6) is 0 Å². The van der Waals surface area contributed by atoms with Crippen molar-refractivity contribution in [3.63, 3.8) is 0 Å². The molecule has 0 saturated carbocycles. The van der Waals surface area contributed by atoms with E-state index in [9.17, 15) is 5.11 Å². The summed E-state index contributed by atoms with van der Waals surface area (Å²) in [6.07, 6.45) is 10.6. The van der Waals surface area contributed by atoms with Crippen molar-refractivity contribution in [3.8, 4) is 0 Å². The van der Waals surface area contributed by atoms with Gasteiger partial charge in [0.1, 0.15) is 0 Å². The Balaban J connectivity index is 1.83. The minimum absolute atomic E-state index is 0.221. The molecular weight excluding hydrogens is 304 g/mol. The van der Waals surface area contributed by atoms with Gasteiger partial charge >= 0.3 is 0 Å². The monoisotopic (exact) mass is 338 g/mol. The van der Waals surface area contributed by atoms with Gasteiger partial charge in [0.2, 0.25) is 0 Å². The first-order valence-corrected chi connectivity index (χ1v) is 10.1. The highest BCUT2D eigenvalue weighted by atomic mass is 16.3. The van der Waals surface area contributed by atoms with E-state index in [1.54, 1.807) is 0 Å². The summed E-state index contributed by atoms with van der Waals surface area (Å²) in [7, 11) is 0. The normalized spacial score (nSPS) is 12.4. The zero-order valence-corrected chi connectivity index (χ0v) is 15.7. The van der Waals surface area contributed by atoms with Crippen molar-refractivity contribution in [2.45, 2.75) is 76.7 Å². The molecule has 1 heteroatoms. The maximum Gasteiger partial charge on any atom is 0.0549 e. The van der Waals surface area contributed by atoms with E-state index in [-0.39, 0.29) is 12.0 Å². The molecule has 0 aliphatic carbocycles. The molecule has 0 aliphatic rings. The fraction of sp³-hybridized carbons (Fsp3) is 0.500. The van der Waals surface area contributed by atoms with Gasteiger partial charge in [-0.2, -0.15) is 0 Å². The number of hydrogen-bond acceptors (Lipinski definition) is 1. The molecule has 2 aromatic carbocycles. The molecule has 136 valence electrons. The highest BCUT2D eigenvalue weighted by Gasteiger charge is 2.18. The van der Waals surface area contributed by atoms with Crippen LogP contribution >= 0.6 is 0 Å². The molecular formula is C24H34O. The molecule has 2 aromatic rings. The van der Waals surface area contributed by atoms with E-state index in [2.05, 4.69) is 67.6 Å². The van der Waals surface area contributed by atoms with Crippen molar-refractivity contribution in [2.75, 3.05) is 0 Å². The van der Waals surface area contributed by atoms with Gasteiger partial charge in [0.15, 0.2) is 0 Å². The Bertz CT molecular complexity index is 509. The summed E-state index contributed by atoms with van der Waals surface area (Å²) in [5.74, 6) is 0.280. The van der Waals surface area contributed by atoms with Gasteiger partial charge in [-0.1, -0.05) is 113 Å². The fourth-order valence-electron chi connectivity index (χ4n) is 3.56. The minimum Gasteiger partial charge on any atom is -0.393 e. The van der Waals surface area contributed by atoms with Crippen LogP contribution in [-0.2, 0) is 0 Å². The number of aliphatic hydroxyl groups excluding tert-OH is 1. The standard InChI is InChI=1S/C24H34O/c1-2-3-4-5-6-7-14-19-23(25)20-24(21-15-10-8-11-16-21)22-17-12-9-13-18-22/h8-13,15-18,23-25H,2-7,14,19-20H2,1H3. The Kier molecular flexibility index (Phi) is 9.36. The molecule has 2 rings (SSSR count). The lowest BCUT2D eigenvalue weighted by Gasteiger charge is -2.21. The number of unbranched alkanes of at least 4 members (excludes halogenated alkanes) is 6. The van der Waals surface area contributed by atoms with Gasteiger partial charge in [-0.05, 0) is 24.0 Å². The number of aliphatic hydroxyl groups is 1. The second kappa shape index (κ2) is 11.9. The van der Waals surface area contributed by atoms with Gasteiger partial charge in [-0.3, -0.25) is 0 Å². The van der Waals surface area contributed by atoms with E-state index in [0.717, 1.165) is 19.3 Å². The average Bonchev–Trinajstić information content (AvgIpc) is 2.67. The first-order valence-electron chi connectivity index (χ1n) is 10.1. The van der Waals surface area contributed by atoms with Crippen molar-refractivity contribution in [2.24, 2.45) is 0 Å². The molecule has 1 nitrogen and oxygen atoms in total. The fourth-order valence-corrected chi connectivity index (χ4v) is 3.56. The molecule has 0 aliphatic heterocycles. The maximum atomic E-state index is 10.6. The van der Waals surface area contributed by atoms with E-state index in [1.165, 1.54) is 49.7 Å². The zero-order chi connectivity index (χ0) is 17.7. The summed E-state index contributed by atoms with van der Waals surface area (Å²) < 4.78 is 0. The van der Waals surface area contributed by atoms with Gasteiger partial charge in [-0.25, -0.2) is 0 Å². The summed E-state index contributed by atoms with van der Waals surface area (Å²) in [5, 5.41) is 10.6. The van der Waals surface area contributed by atoms with Gasteiger partial charge in [-0.15, -0.1) is 0 Å². The van der Waals surface area contributed by atoms with E-state index in [4.69, 9.17) is 0 Å². The molecule has 0 fully saturated rings. The molecule has 0 saturated heterocycles. The first-order chi connectivity index (χ1) is 12.3. The quantitative estimate of drug-likeness (QED) is 0.426. The maximum absolute atomic E-state index is 10.6. The van der Waals surface area contributed by atoms with E-state index >= 15 is 0 Å². The third-order valence-corrected chi connectivity index (χ3v) is 5.05. The van der Waals surface area contributed by atoms with Gasteiger partial charge in [0, 0.05) is 5.92 Å². The molecule has 25 heavy (non-hydrogen) atoms. The second-order valence-electron chi connectivity index (χ2n) is 7.17. The summed E-state index contributed by atoms with van der Waals surface area (Å²) in [4.78, 5) is 0. The summed E-state index contributed by atoms with van der Waals surface area (Å²) in [6.45, 7) is 2.26. The highest BCUT2D eigenvalue weighted by Crippen LogP contribution is 2.30. The third-order valence-electron chi connectivity index (χ3n) is 5.05. The van der Waals surface area contributed by atoms with Gasteiger partial charge < -0.3 is 5.11 Å². The second-order valence-corrected chi connectivity index (χ2v) is 7.17. The molecule has 0 bridgehead atoms. The van der Waals surface area contributed by atoms with E-state index < -0.39 is 0 Å². The van der Waals surface area contributed by atoms with Crippen molar-refractivity contribution in [1.29, 1.82) is 0 Å². The van der Waals surface area contributed by atoms with Gasteiger partial charge in [0.25, 0.3) is 0 Å². The lowest BCUT2D eigenvalue weighted by atomic mass is 9.85. The van der Waals surface area contributed by atoms with Crippen LogP contribution in [0.3, 0.4) is 0 Å². The smallest absolute Gasteiger partial charge is 0.0549 e. The molecule has 0 spiro atoms. The van der Waals surface area contributed by atoms with Gasteiger partial charge in [0.05, 0.1) is 6.10 Å². The van der Waals surface area contributed by atoms with Crippen LogP contribution in [0.4, 0.5) is 0 Å². The van der Waals surface area contributed by atoms with Crippen LogP contribution in [-0.4, -0.2) is 11.2 Å². The Morgan fingerprint density at radius 3 is 1.68 bits per heavy atom. The predicted molar refractivity (Wildman–Crippen MR) is 108 cm³/mol. The molecule has 0 heterocycles. The van der Waals surface area contributed by atoms with Crippen LogP contribution in [0.15, 0.2) is 60.7 Å². The van der Waals surface area contributed by atoms with Crippen molar-refractivity contribution >= 4 is 0 Å². The van der Waals surface area contributed by atoms with Crippen LogP contribution in [0.25, 0.3) is 0 Å². The van der Waals surface area contributed by atoms with Crippen LogP contribution in [0, 0.1) is 0 Å². The van der Waals surface area contributed by atoms with E-state index in [1.807, 2.05) is 0 Å². The molecule has 0 aromatic heterocycles. The van der Waals surface area contributed by atoms with Crippen molar-refractivity contribution < 1.29 is 5.11 Å². The summed E-state index contributed by atoms with van der Waals surface area (Å²) >= 11 is 0. The zero-order valence-electron chi connectivity index (χ0n) is 15.7. The number of benzene rings is 2. The van der Waals surface area contributed by atoms with E-state index in [0.29, 0.717) is 0 Å². The summed E-state index contributed by atoms with van der Waals surface area (Å²) in [5.41, 5.74) is 2.60. The Hall–Kier alpha value is -1.60. The largest absolute Gasteiger partial charge is 0.393 e. The Labute approximate surface area is 154 Å². The Morgan fingerprint density at radius 2 is 1.16 bits per heavy atom. The topological polar surface area (TPSA) is 20.2 Å². The SMILES string of the molecule is CCCCCCCCCC(O)CC(c1ccccc1)c1ccccc1. The molecule has 1 atom stereocenters. The molecule has 0 amide bonds. The molecule has 1 unspecified atom stereocenters. The minimum atomic E-state index is -0.221. The van der Waals surface area contributed by atoms with Crippen molar-refractivity contribution in [1.82, 2.24) is 0 Å². The first kappa shape index (κ1) is 19.7. The highest BCUT2D eigenvalue weighted by molar-refractivity contribution is 5.32. The summed E-state index contributed by atoms with van der Waals surface area (Å²) in [6, 6.07) is 21.2. The lowest BCUT2D eigenvalue weighted by Crippen LogP contribution is -2.13. The van der Waals surface area contributed by atoms with Crippen LogP contribution in [0.2, 0.25) is 0 Å². The van der Waals surface area contributed by atoms with Crippen molar-refractivity contribution in [3.05, 3.63) is 71.8 Å². The lowest BCUT2D eigenvalue weighted by molar-refractivity contribution is 0.146. The number of rotatable bonds is 12.